The Bertz CT molecular complexity index is 894. The summed E-state index contributed by atoms with van der Waals surface area (Å²) in [7, 11) is 0. The Kier molecular flexibility index (Phi) is 5.48. The Morgan fingerprint density at radius 2 is 1.93 bits per heavy atom. The minimum absolute atomic E-state index is 0.140. The highest BCUT2D eigenvalue weighted by Crippen LogP contribution is 2.52. The highest BCUT2D eigenvalue weighted by Gasteiger charge is 2.59. The van der Waals surface area contributed by atoms with Gasteiger partial charge < -0.3 is 9.47 Å². The zero-order valence-electron chi connectivity index (χ0n) is 15.5. The van der Waals surface area contributed by atoms with E-state index in [4.69, 9.17) is 21.1 Å². The molecule has 2 bridgehead atoms. The number of amides is 2. The van der Waals surface area contributed by atoms with Crippen LogP contribution < -0.4 is 4.74 Å². The zero-order valence-corrected chi connectivity index (χ0v) is 17.9. The molecule has 2 aliphatic carbocycles. The third-order valence-corrected chi connectivity index (χ3v) is 6.30. The van der Waals surface area contributed by atoms with Crippen molar-refractivity contribution in [1.29, 1.82) is 0 Å². The number of halogens is 2. The van der Waals surface area contributed by atoms with Gasteiger partial charge in [-0.2, -0.15) is 10.1 Å². The van der Waals surface area contributed by atoms with Crippen LogP contribution in [0.25, 0.3) is 0 Å². The maximum atomic E-state index is 12.7. The first-order valence-corrected chi connectivity index (χ1v) is 10.5. The van der Waals surface area contributed by atoms with Gasteiger partial charge in [0, 0.05) is 0 Å². The van der Waals surface area contributed by atoms with E-state index in [0.29, 0.717) is 15.8 Å². The smallest absolute Gasteiger partial charge is 0.344 e. The summed E-state index contributed by atoms with van der Waals surface area (Å²) >= 11 is 9.60. The number of rotatable bonds is 6. The van der Waals surface area contributed by atoms with Crippen LogP contribution in [0.1, 0.15) is 18.9 Å². The standard InChI is InChI=1S/C20H18BrClN2O5/c1-2-28-15(25)9-29-18-13(21)5-10(6-14(18)22)8-23-24-19(26)16-11-3-4-12(7-11)17(16)20(24)27/h3-6,8,11-12,16-17H,2,7,9H2,1H3. The predicted octanol–water partition coefficient (Wildman–Crippen LogP) is 3.19. The number of nitrogens with zero attached hydrogens (tertiary/aromatic N) is 2. The summed E-state index contributed by atoms with van der Waals surface area (Å²) in [4.78, 5) is 36.8. The number of ether oxygens (including phenoxy) is 2. The molecule has 1 aliphatic heterocycles. The summed E-state index contributed by atoms with van der Waals surface area (Å²) in [5.41, 5.74) is 0.573. The lowest BCUT2D eigenvalue weighted by Crippen LogP contribution is -2.28. The van der Waals surface area contributed by atoms with E-state index >= 15 is 0 Å². The minimum Gasteiger partial charge on any atom is -0.479 e. The average Bonchev–Trinajstić information content (AvgIpc) is 3.34. The molecule has 4 rings (SSSR count). The van der Waals surface area contributed by atoms with Crippen LogP contribution in [0, 0.1) is 23.7 Å². The Labute approximate surface area is 180 Å². The Morgan fingerprint density at radius 1 is 1.28 bits per heavy atom. The van der Waals surface area contributed by atoms with E-state index in [9.17, 15) is 14.4 Å². The topological polar surface area (TPSA) is 85.3 Å². The first kappa shape index (κ1) is 20.1. The van der Waals surface area contributed by atoms with E-state index in [1.54, 1.807) is 19.1 Å². The van der Waals surface area contributed by atoms with E-state index in [1.165, 1.54) is 6.21 Å². The number of hydrazone groups is 1. The molecular weight excluding hydrogens is 464 g/mol. The molecular formula is C20H18BrClN2O5. The number of esters is 1. The van der Waals surface area contributed by atoms with E-state index in [-0.39, 0.29) is 53.7 Å². The molecule has 29 heavy (non-hydrogen) atoms. The monoisotopic (exact) mass is 480 g/mol. The summed E-state index contributed by atoms with van der Waals surface area (Å²) in [6.45, 7) is 1.70. The fourth-order valence-corrected chi connectivity index (χ4v) is 5.24. The van der Waals surface area contributed by atoms with Crippen molar-refractivity contribution in [2.75, 3.05) is 13.2 Å². The predicted molar refractivity (Wildman–Crippen MR) is 108 cm³/mol. The number of imide groups is 1. The normalized spacial score (nSPS) is 27.2. The van der Waals surface area contributed by atoms with Crippen molar-refractivity contribution in [3.05, 3.63) is 39.3 Å². The lowest BCUT2D eigenvalue weighted by atomic mass is 9.85. The highest BCUT2D eigenvalue weighted by atomic mass is 79.9. The fourth-order valence-electron chi connectivity index (χ4n) is 4.25. The van der Waals surface area contributed by atoms with Crippen LogP contribution in [0.2, 0.25) is 5.02 Å². The summed E-state index contributed by atoms with van der Waals surface area (Å²) in [6.07, 6.45) is 6.37. The summed E-state index contributed by atoms with van der Waals surface area (Å²) in [6, 6.07) is 3.25. The molecule has 2 amide bonds. The first-order chi connectivity index (χ1) is 13.9. The van der Waals surface area contributed by atoms with Crippen molar-refractivity contribution < 1.29 is 23.9 Å². The number of benzene rings is 1. The quantitative estimate of drug-likeness (QED) is 0.270. The molecule has 0 spiro atoms. The second-order valence-corrected chi connectivity index (χ2v) is 8.40. The average molecular weight is 482 g/mol. The van der Waals surface area contributed by atoms with Crippen LogP contribution in [0.5, 0.6) is 5.75 Å². The molecule has 7 nitrogen and oxygen atoms in total. The van der Waals surface area contributed by atoms with Crippen molar-refractivity contribution in [3.8, 4) is 5.75 Å². The fraction of sp³-hybridized carbons (Fsp3) is 0.400. The molecule has 1 saturated carbocycles. The SMILES string of the molecule is CCOC(=O)COc1c(Cl)cc(C=NN2C(=O)C3C4C=CC(C4)C3C2=O)cc1Br. The maximum absolute atomic E-state index is 12.7. The Morgan fingerprint density at radius 3 is 2.52 bits per heavy atom. The molecule has 0 aromatic heterocycles. The molecule has 9 heteroatoms. The summed E-state index contributed by atoms with van der Waals surface area (Å²) in [5.74, 6) is -0.988. The van der Waals surface area contributed by atoms with Gasteiger partial charge in [0.2, 0.25) is 0 Å². The maximum Gasteiger partial charge on any atom is 0.344 e. The van der Waals surface area contributed by atoms with Crippen molar-refractivity contribution in [1.82, 2.24) is 5.01 Å². The lowest BCUT2D eigenvalue weighted by Gasteiger charge is -2.13. The van der Waals surface area contributed by atoms with Gasteiger partial charge in [-0.25, -0.2) is 4.79 Å². The zero-order chi connectivity index (χ0) is 20.7. The van der Waals surface area contributed by atoms with Crippen LogP contribution in [-0.4, -0.2) is 42.2 Å². The van der Waals surface area contributed by atoms with Gasteiger partial charge >= 0.3 is 5.97 Å². The molecule has 2 fully saturated rings. The second kappa shape index (κ2) is 7.91. The van der Waals surface area contributed by atoms with Crippen LogP contribution in [0.4, 0.5) is 0 Å². The second-order valence-electron chi connectivity index (χ2n) is 7.14. The molecule has 1 aromatic rings. The third kappa shape index (κ3) is 3.59. The molecule has 0 radical (unpaired) electrons. The van der Waals surface area contributed by atoms with Gasteiger partial charge in [-0.1, -0.05) is 23.8 Å². The van der Waals surface area contributed by atoms with E-state index < -0.39 is 5.97 Å². The molecule has 1 saturated heterocycles. The van der Waals surface area contributed by atoms with Crippen LogP contribution >= 0.6 is 27.5 Å². The van der Waals surface area contributed by atoms with Crippen LogP contribution in [0.3, 0.4) is 0 Å². The van der Waals surface area contributed by atoms with Crippen molar-refractivity contribution in [3.63, 3.8) is 0 Å². The minimum atomic E-state index is -0.499. The van der Waals surface area contributed by atoms with Crippen LogP contribution in [-0.2, 0) is 19.1 Å². The lowest BCUT2D eigenvalue weighted by molar-refractivity contribution is -0.145. The molecule has 4 atom stereocenters. The Hall–Kier alpha value is -2.19. The van der Waals surface area contributed by atoms with Gasteiger partial charge in [-0.05, 0) is 58.8 Å². The summed E-state index contributed by atoms with van der Waals surface area (Å²) in [5, 5.41) is 5.37. The number of carbonyl (C=O) groups is 3. The van der Waals surface area contributed by atoms with Gasteiger partial charge in [-0.3, -0.25) is 9.59 Å². The molecule has 1 heterocycles. The molecule has 4 unspecified atom stereocenters. The number of fused-ring (bicyclic) bond motifs is 5. The van der Waals surface area contributed by atoms with Crippen molar-refractivity contribution in [2.45, 2.75) is 13.3 Å². The van der Waals surface area contributed by atoms with Gasteiger partial charge in [0.05, 0.1) is 34.2 Å². The van der Waals surface area contributed by atoms with E-state index in [0.717, 1.165) is 11.4 Å². The van der Waals surface area contributed by atoms with Crippen molar-refractivity contribution in [2.24, 2.45) is 28.8 Å². The molecule has 152 valence electrons. The van der Waals surface area contributed by atoms with Gasteiger partial charge in [-0.15, -0.1) is 0 Å². The van der Waals surface area contributed by atoms with Gasteiger partial charge in [0.15, 0.2) is 12.4 Å². The first-order valence-electron chi connectivity index (χ1n) is 9.28. The molecule has 0 N–H and O–H groups in total. The van der Waals surface area contributed by atoms with E-state index in [2.05, 4.69) is 21.0 Å². The van der Waals surface area contributed by atoms with E-state index in [1.807, 2.05) is 12.2 Å². The largest absolute Gasteiger partial charge is 0.479 e. The summed E-state index contributed by atoms with van der Waals surface area (Å²) < 4.78 is 10.7. The molecule has 3 aliphatic rings. The van der Waals surface area contributed by atoms with Crippen molar-refractivity contribution >= 4 is 51.5 Å². The molecule has 1 aromatic carbocycles. The Balaban J connectivity index is 1.47. The number of carbonyl (C=O) groups excluding carboxylic acids is 3. The highest BCUT2D eigenvalue weighted by molar-refractivity contribution is 9.10. The van der Waals surface area contributed by atoms with Gasteiger partial charge in [0.25, 0.3) is 11.8 Å². The number of allylic oxidation sites excluding steroid dienone is 2. The van der Waals surface area contributed by atoms with Gasteiger partial charge in [0.1, 0.15) is 0 Å². The van der Waals surface area contributed by atoms with Crippen LogP contribution in [0.15, 0.2) is 33.9 Å². The third-order valence-electron chi connectivity index (χ3n) is 5.43. The number of hydrogen-bond donors (Lipinski definition) is 0. The number of hydrogen-bond acceptors (Lipinski definition) is 6.